The topological polar surface area (TPSA) is 16.1 Å². The van der Waals surface area contributed by atoms with Crippen molar-refractivity contribution in [2.45, 2.75) is 45.6 Å². The zero-order chi connectivity index (χ0) is 12.1. The highest BCUT2D eigenvalue weighted by Crippen LogP contribution is 2.23. The normalized spacial score (nSPS) is 21.2. The predicted molar refractivity (Wildman–Crippen MR) is 72.0 cm³/mol. The number of nitrogens with zero attached hydrogens (tertiary/aromatic N) is 2. The first-order valence-electron chi connectivity index (χ1n) is 6.89. The van der Waals surface area contributed by atoms with Gasteiger partial charge in [-0.3, -0.25) is 9.88 Å². The van der Waals surface area contributed by atoms with Crippen molar-refractivity contribution in [3.63, 3.8) is 0 Å². The number of pyridine rings is 1. The Bertz CT molecular complexity index is 321. The maximum absolute atomic E-state index is 4.40. The van der Waals surface area contributed by atoms with Gasteiger partial charge < -0.3 is 0 Å². The largest absolute Gasteiger partial charge is 0.300 e. The van der Waals surface area contributed by atoms with Crippen LogP contribution in [0.2, 0.25) is 0 Å². The minimum atomic E-state index is 0.815. The van der Waals surface area contributed by atoms with Gasteiger partial charge in [0.25, 0.3) is 0 Å². The Hall–Kier alpha value is -0.890. The van der Waals surface area contributed by atoms with E-state index in [0.717, 1.165) is 18.4 Å². The Morgan fingerprint density at radius 3 is 3.00 bits per heavy atom. The maximum Gasteiger partial charge on any atom is 0.0416 e. The Balaban J connectivity index is 1.82. The lowest BCUT2D eigenvalue weighted by atomic mass is 10.0. The average molecular weight is 232 g/mol. The standard InChI is InChI=1S/C15H24N2/c1-13(2)12-15-7-5-10-17(15)11-8-14-6-3-4-9-16-14/h3-4,6,9,13,15H,5,7-8,10-12H2,1-2H3. The summed E-state index contributed by atoms with van der Waals surface area (Å²) < 4.78 is 0. The van der Waals surface area contributed by atoms with E-state index in [9.17, 15) is 0 Å². The van der Waals surface area contributed by atoms with Crippen LogP contribution in [0, 0.1) is 5.92 Å². The van der Waals surface area contributed by atoms with E-state index in [4.69, 9.17) is 0 Å². The van der Waals surface area contributed by atoms with Gasteiger partial charge in [-0.25, -0.2) is 0 Å². The van der Waals surface area contributed by atoms with Crippen LogP contribution >= 0.6 is 0 Å². The smallest absolute Gasteiger partial charge is 0.0416 e. The molecule has 17 heavy (non-hydrogen) atoms. The third-order valence-electron chi connectivity index (χ3n) is 3.62. The van der Waals surface area contributed by atoms with Gasteiger partial charge in [0.1, 0.15) is 0 Å². The lowest BCUT2D eigenvalue weighted by molar-refractivity contribution is 0.228. The van der Waals surface area contributed by atoms with Crippen LogP contribution in [0.15, 0.2) is 24.4 Å². The summed E-state index contributed by atoms with van der Waals surface area (Å²) in [6.07, 6.45) is 7.10. The summed E-state index contributed by atoms with van der Waals surface area (Å²) >= 11 is 0. The molecule has 2 rings (SSSR count). The van der Waals surface area contributed by atoms with E-state index in [-0.39, 0.29) is 0 Å². The molecule has 1 aliphatic heterocycles. The Labute approximate surface area is 105 Å². The molecule has 0 amide bonds. The SMILES string of the molecule is CC(C)CC1CCCN1CCc1ccccn1. The van der Waals surface area contributed by atoms with E-state index in [1.807, 2.05) is 12.3 Å². The van der Waals surface area contributed by atoms with Gasteiger partial charge in [-0.05, 0) is 43.9 Å². The minimum absolute atomic E-state index is 0.815. The Morgan fingerprint density at radius 2 is 2.29 bits per heavy atom. The molecule has 0 bridgehead atoms. The van der Waals surface area contributed by atoms with Crippen LogP contribution < -0.4 is 0 Å². The van der Waals surface area contributed by atoms with Crippen molar-refractivity contribution < 1.29 is 0 Å². The van der Waals surface area contributed by atoms with Crippen LogP contribution in [-0.4, -0.2) is 29.0 Å². The second-order valence-corrected chi connectivity index (χ2v) is 5.53. The van der Waals surface area contributed by atoms with Crippen LogP contribution in [0.3, 0.4) is 0 Å². The number of aromatic nitrogens is 1. The van der Waals surface area contributed by atoms with E-state index >= 15 is 0 Å². The number of likely N-dealkylation sites (tertiary alicyclic amines) is 1. The van der Waals surface area contributed by atoms with E-state index in [1.54, 1.807) is 0 Å². The molecule has 1 aliphatic rings. The summed E-state index contributed by atoms with van der Waals surface area (Å²) in [5.41, 5.74) is 1.22. The second-order valence-electron chi connectivity index (χ2n) is 5.53. The van der Waals surface area contributed by atoms with Crippen molar-refractivity contribution >= 4 is 0 Å². The van der Waals surface area contributed by atoms with Crippen LogP contribution in [0.1, 0.15) is 38.8 Å². The molecule has 1 saturated heterocycles. The molecule has 1 aromatic rings. The van der Waals surface area contributed by atoms with E-state index in [0.29, 0.717) is 0 Å². The van der Waals surface area contributed by atoms with E-state index in [1.165, 1.54) is 38.0 Å². The van der Waals surface area contributed by atoms with Gasteiger partial charge in [0.05, 0.1) is 0 Å². The molecular weight excluding hydrogens is 208 g/mol. The van der Waals surface area contributed by atoms with Gasteiger partial charge in [0.15, 0.2) is 0 Å². The fraction of sp³-hybridized carbons (Fsp3) is 0.667. The van der Waals surface area contributed by atoms with Crippen LogP contribution in [0.4, 0.5) is 0 Å². The lowest BCUT2D eigenvalue weighted by Gasteiger charge is -2.25. The summed E-state index contributed by atoms with van der Waals surface area (Å²) in [6, 6.07) is 7.02. The maximum atomic E-state index is 4.40. The molecule has 2 nitrogen and oxygen atoms in total. The molecule has 1 atom stereocenters. The Kier molecular flexibility index (Phi) is 4.55. The van der Waals surface area contributed by atoms with E-state index < -0.39 is 0 Å². The lowest BCUT2D eigenvalue weighted by Crippen LogP contribution is -2.32. The number of hydrogen-bond donors (Lipinski definition) is 0. The zero-order valence-electron chi connectivity index (χ0n) is 11.1. The van der Waals surface area contributed by atoms with Crippen molar-refractivity contribution in [2.75, 3.05) is 13.1 Å². The fourth-order valence-corrected chi connectivity index (χ4v) is 2.80. The molecule has 0 spiro atoms. The third-order valence-corrected chi connectivity index (χ3v) is 3.62. The van der Waals surface area contributed by atoms with Crippen molar-refractivity contribution in [1.29, 1.82) is 0 Å². The predicted octanol–water partition coefficient (Wildman–Crippen LogP) is 3.13. The van der Waals surface area contributed by atoms with E-state index in [2.05, 4.69) is 35.9 Å². The first-order chi connectivity index (χ1) is 8.25. The van der Waals surface area contributed by atoms with Crippen molar-refractivity contribution in [2.24, 2.45) is 5.92 Å². The van der Waals surface area contributed by atoms with Crippen molar-refractivity contribution in [1.82, 2.24) is 9.88 Å². The highest BCUT2D eigenvalue weighted by Gasteiger charge is 2.24. The monoisotopic (exact) mass is 232 g/mol. The van der Waals surface area contributed by atoms with Crippen LogP contribution in [-0.2, 0) is 6.42 Å². The molecule has 0 radical (unpaired) electrons. The second kappa shape index (κ2) is 6.15. The Morgan fingerprint density at radius 1 is 1.41 bits per heavy atom. The van der Waals surface area contributed by atoms with Crippen molar-refractivity contribution in [3.8, 4) is 0 Å². The van der Waals surface area contributed by atoms with Gasteiger partial charge >= 0.3 is 0 Å². The average Bonchev–Trinajstić information content (AvgIpc) is 2.74. The molecule has 1 unspecified atom stereocenters. The summed E-state index contributed by atoms with van der Waals surface area (Å²) in [5.74, 6) is 0.815. The summed E-state index contributed by atoms with van der Waals surface area (Å²) in [6.45, 7) is 7.11. The van der Waals surface area contributed by atoms with Gasteiger partial charge in [-0.1, -0.05) is 19.9 Å². The zero-order valence-corrected chi connectivity index (χ0v) is 11.1. The number of hydrogen-bond acceptors (Lipinski definition) is 2. The molecule has 0 N–H and O–H groups in total. The number of rotatable bonds is 5. The first kappa shape index (κ1) is 12.6. The highest BCUT2D eigenvalue weighted by molar-refractivity contribution is 5.04. The first-order valence-corrected chi connectivity index (χ1v) is 6.89. The molecular formula is C15H24N2. The van der Waals surface area contributed by atoms with Gasteiger partial charge in [-0.15, -0.1) is 0 Å². The van der Waals surface area contributed by atoms with Crippen LogP contribution in [0.25, 0.3) is 0 Å². The van der Waals surface area contributed by atoms with Crippen LogP contribution in [0.5, 0.6) is 0 Å². The van der Waals surface area contributed by atoms with Crippen molar-refractivity contribution in [3.05, 3.63) is 30.1 Å². The molecule has 0 saturated carbocycles. The minimum Gasteiger partial charge on any atom is -0.300 e. The molecule has 2 heteroatoms. The molecule has 0 aliphatic carbocycles. The molecule has 1 fully saturated rings. The van der Waals surface area contributed by atoms with Gasteiger partial charge in [0.2, 0.25) is 0 Å². The molecule has 94 valence electrons. The quantitative estimate of drug-likeness (QED) is 0.775. The molecule has 0 aromatic carbocycles. The molecule has 2 heterocycles. The fourth-order valence-electron chi connectivity index (χ4n) is 2.80. The third kappa shape index (κ3) is 3.81. The summed E-state index contributed by atoms with van der Waals surface area (Å²) in [4.78, 5) is 7.06. The van der Waals surface area contributed by atoms with Gasteiger partial charge in [-0.2, -0.15) is 0 Å². The molecule has 1 aromatic heterocycles. The summed E-state index contributed by atoms with van der Waals surface area (Å²) in [7, 11) is 0. The van der Waals surface area contributed by atoms with Gasteiger partial charge in [0, 0.05) is 30.9 Å². The highest BCUT2D eigenvalue weighted by atomic mass is 15.2. The summed E-state index contributed by atoms with van der Waals surface area (Å²) in [5, 5.41) is 0.